The molecule has 1 aliphatic heterocycles. The van der Waals surface area contributed by atoms with E-state index in [9.17, 15) is 10.1 Å². The summed E-state index contributed by atoms with van der Waals surface area (Å²) in [5.41, 5.74) is 4.15. The molecule has 0 atom stereocenters. The summed E-state index contributed by atoms with van der Waals surface area (Å²) in [6.07, 6.45) is 3.48. The summed E-state index contributed by atoms with van der Waals surface area (Å²) in [5.74, 6) is 0.585. The molecule has 2 heterocycles. The van der Waals surface area contributed by atoms with Crippen molar-refractivity contribution in [3.8, 4) is 23.1 Å². The van der Waals surface area contributed by atoms with Gasteiger partial charge in [0.15, 0.2) is 5.79 Å². The van der Waals surface area contributed by atoms with Crippen molar-refractivity contribution in [3.63, 3.8) is 0 Å². The Bertz CT molecular complexity index is 1360. The molecule has 0 unspecified atom stereocenters. The number of aromatic nitrogens is 1. The van der Waals surface area contributed by atoms with Gasteiger partial charge in [0.1, 0.15) is 11.8 Å². The van der Waals surface area contributed by atoms with E-state index in [4.69, 9.17) is 18.9 Å². The predicted molar refractivity (Wildman–Crippen MR) is 150 cm³/mol. The largest absolute Gasteiger partial charge is 0.494 e. The van der Waals surface area contributed by atoms with Gasteiger partial charge < -0.3 is 23.5 Å². The lowest BCUT2D eigenvalue weighted by Crippen LogP contribution is -2.39. The number of hydrogen-bond donors (Lipinski definition) is 1. The molecule has 1 saturated heterocycles. The second-order valence-electron chi connectivity index (χ2n) is 11.2. The smallest absolute Gasteiger partial charge is 0.411 e. The van der Waals surface area contributed by atoms with Crippen molar-refractivity contribution in [1.29, 1.82) is 5.26 Å². The minimum absolute atomic E-state index is 0.197. The molecule has 0 bridgehead atoms. The van der Waals surface area contributed by atoms with Crippen LogP contribution in [0, 0.1) is 17.2 Å². The molecule has 8 nitrogen and oxygen atoms in total. The summed E-state index contributed by atoms with van der Waals surface area (Å²) in [7, 11) is 0. The Hall–Kier alpha value is -3.54. The lowest BCUT2D eigenvalue weighted by atomic mass is 9.92. The molecule has 0 spiro atoms. The highest BCUT2D eigenvalue weighted by atomic mass is 16.7. The molecule has 5 rings (SSSR count). The molecule has 3 aromatic rings. The van der Waals surface area contributed by atoms with Crippen molar-refractivity contribution < 1.29 is 23.7 Å². The highest BCUT2D eigenvalue weighted by Gasteiger charge is 2.29. The lowest BCUT2D eigenvalue weighted by molar-refractivity contribution is -0.263. The van der Waals surface area contributed by atoms with Gasteiger partial charge in [0.05, 0.1) is 42.7 Å². The summed E-state index contributed by atoms with van der Waals surface area (Å²) >= 11 is 0. The van der Waals surface area contributed by atoms with Crippen molar-refractivity contribution >= 4 is 22.7 Å². The minimum Gasteiger partial charge on any atom is -0.494 e. The van der Waals surface area contributed by atoms with Gasteiger partial charge in [-0.1, -0.05) is 12.1 Å². The number of carbonyl (C=O) groups is 1. The van der Waals surface area contributed by atoms with Crippen molar-refractivity contribution in [3.05, 3.63) is 48.0 Å². The first-order chi connectivity index (χ1) is 18.7. The van der Waals surface area contributed by atoms with Crippen LogP contribution in [-0.4, -0.2) is 42.4 Å². The maximum Gasteiger partial charge on any atom is 0.411 e. The third-order valence-corrected chi connectivity index (χ3v) is 7.40. The molecule has 39 heavy (non-hydrogen) atoms. The molecule has 2 aliphatic rings. The highest BCUT2D eigenvalue weighted by Crippen LogP contribution is 2.43. The van der Waals surface area contributed by atoms with E-state index in [0.29, 0.717) is 43.0 Å². The van der Waals surface area contributed by atoms with Crippen LogP contribution in [0.2, 0.25) is 0 Å². The Morgan fingerprint density at radius 1 is 1.15 bits per heavy atom. The summed E-state index contributed by atoms with van der Waals surface area (Å²) in [6.45, 7) is 9.39. The maximum absolute atomic E-state index is 12.0. The first-order valence-corrected chi connectivity index (χ1v) is 13.8. The number of nitriles is 1. The standard InChI is InChI=1S/C31H37N3O5/c1-20(2)39-30(35)33-23-10-8-22(9-11-23)29-27(17-32)26-13-12-25(16-28(26)34(29)24-6-5-7-24)36-15-14-21-18-37-31(3,4)38-19-21/h8-13,16,20-21,24H,5-7,14-15,18-19H2,1-4H3,(H,33,35). The quantitative estimate of drug-likeness (QED) is 0.335. The number of ether oxygens (including phenoxy) is 4. The van der Waals surface area contributed by atoms with Crippen LogP contribution >= 0.6 is 0 Å². The Labute approximate surface area is 229 Å². The third-order valence-electron chi connectivity index (χ3n) is 7.40. The molecule has 2 fully saturated rings. The van der Waals surface area contributed by atoms with Crippen LogP contribution in [-0.2, 0) is 14.2 Å². The van der Waals surface area contributed by atoms with Gasteiger partial charge in [-0.3, -0.25) is 5.32 Å². The molecule has 0 radical (unpaired) electrons. The molecule has 1 N–H and O–H groups in total. The number of carbonyl (C=O) groups excluding carboxylic acids is 1. The molecule has 8 heteroatoms. The number of fused-ring (bicyclic) bond motifs is 1. The molecule has 2 aromatic carbocycles. The average Bonchev–Trinajstić information content (AvgIpc) is 3.17. The fraction of sp³-hybridized carbons (Fsp3) is 0.484. The van der Waals surface area contributed by atoms with Gasteiger partial charge in [-0.15, -0.1) is 0 Å². The summed E-state index contributed by atoms with van der Waals surface area (Å²) in [5, 5.41) is 13.9. The Morgan fingerprint density at radius 3 is 2.49 bits per heavy atom. The van der Waals surface area contributed by atoms with Gasteiger partial charge in [-0.2, -0.15) is 5.26 Å². The number of nitrogens with zero attached hydrogens (tertiary/aromatic N) is 2. The maximum atomic E-state index is 12.0. The van der Waals surface area contributed by atoms with E-state index < -0.39 is 11.9 Å². The first-order valence-electron chi connectivity index (χ1n) is 13.8. The zero-order valence-corrected chi connectivity index (χ0v) is 23.2. The van der Waals surface area contributed by atoms with Crippen LogP contribution < -0.4 is 10.1 Å². The molecule has 1 saturated carbocycles. The fourth-order valence-electron chi connectivity index (χ4n) is 5.11. The molecular formula is C31H37N3O5. The number of anilines is 1. The number of rotatable bonds is 8. The van der Waals surface area contributed by atoms with Crippen molar-refractivity contribution in [2.45, 2.75) is 71.3 Å². The van der Waals surface area contributed by atoms with E-state index in [1.54, 1.807) is 0 Å². The zero-order chi connectivity index (χ0) is 27.6. The second kappa shape index (κ2) is 11.3. The molecule has 1 aromatic heterocycles. The Balaban J connectivity index is 1.39. The van der Waals surface area contributed by atoms with Crippen molar-refractivity contribution in [2.24, 2.45) is 5.92 Å². The number of amides is 1. The number of nitrogens with one attached hydrogen (secondary N) is 1. The molecule has 206 valence electrons. The second-order valence-corrected chi connectivity index (χ2v) is 11.2. The summed E-state index contributed by atoms with van der Waals surface area (Å²) in [6, 6.07) is 16.4. The number of hydrogen-bond acceptors (Lipinski definition) is 6. The van der Waals surface area contributed by atoms with Crippen LogP contribution in [0.3, 0.4) is 0 Å². The van der Waals surface area contributed by atoms with Gasteiger partial charge in [-0.25, -0.2) is 4.79 Å². The van der Waals surface area contributed by atoms with Crippen LogP contribution in [0.1, 0.15) is 65.0 Å². The van der Waals surface area contributed by atoms with E-state index in [1.165, 1.54) is 6.42 Å². The number of benzene rings is 2. The monoisotopic (exact) mass is 531 g/mol. The third kappa shape index (κ3) is 6.05. The molecule has 1 amide bonds. The SMILES string of the molecule is CC(C)OC(=O)Nc1ccc(-c2c(C#N)c3ccc(OCCC4COC(C)(C)OC4)cc3n2C2CCC2)cc1. The van der Waals surface area contributed by atoms with Crippen molar-refractivity contribution in [1.82, 2.24) is 4.57 Å². The Morgan fingerprint density at radius 2 is 1.87 bits per heavy atom. The minimum atomic E-state index is -0.512. The van der Waals surface area contributed by atoms with Gasteiger partial charge in [0.2, 0.25) is 0 Å². The molecular weight excluding hydrogens is 494 g/mol. The van der Waals surface area contributed by atoms with Crippen LogP contribution in [0.4, 0.5) is 10.5 Å². The van der Waals surface area contributed by atoms with Gasteiger partial charge in [0.25, 0.3) is 0 Å². The van der Waals surface area contributed by atoms with E-state index >= 15 is 0 Å². The van der Waals surface area contributed by atoms with Gasteiger partial charge in [0, 0.05) is 29.1 Å². The van der Waals surface area contributed by atoms with E-state index in [1.807, 2.05) is 64.1 Å². The summed E-state index contributed by atoms with van der Waals surface area (Å²) < 4.78 is 25.2. The van der Waals surface area contributed by atoms with Gasteiger partial charge in [-0.05, 0) is 83.2 Å². The Kier molecular flexibility index (Phi) is 7.83. The van der Waals surface area contributed by atoms with Crippen LogP contribution in [0.5, 0.6) is 5.75 Å². The highest BCUT2D eigenvalue weighted by molar-refractivity contribution is 5.96. The van der Waals surface area contributed by atoms with Crippen LogP contribution in [0.25, 0.3) is 22.2 Å². The van der Waals surface area contributed by atoms with Gasteiger partial charge >= 0.3 is 6.09 Å². The van der Waals surface area contributed by atoms with Crippen LogP contribution in [0.15, 0.2) is 42.5 Å². The normalized spacial score (nSPS) is 17.5. The average molecular weight is 532 g/mol. The zero-order valence-electron chi connectivity index (χ0n) is 23.2. The van der Waals surface area contributed by atoms with Crippen molar-refractivity contribution in [2.75, 3.05) is 25.1 Å². The van der Waals surface area contributed by atoms with E-state index in [-0.39, 0.29) is 6.10 Å². The lowest BCUT2D eigenvalue weighted by Gasteiger charge is -2.34. The predicted octanol–water partition coefficient (Wildman–Crippen LogP) is 7.03. The van der Waals surface area contributed by atoms with E-state index in [2.05, 4.69) is 22.0 Å². The first kappa shape index (κ1) is 27.0. The van der Waals surface area contributed by atoms with E-state index in [0.717, 1.165) is 47.2 Å². The topological polar surface area (TPSA) is 94.7 Å². The molecule has 1 aliphatic carbocycles. The summed E-state index contributed by atoms with van der Waals surface area (Å²) in [4.78, 5) is 12.0. The fourth-order valence-corrected chi connectivity index (χ4v) is 5.11.